The molecule has 0 N–H and O–H groups in total. The van der Waals surface area contributed by atoms with Gasteiger partial charge in [-0.1, -0.05) is 11.6 Å². The third kappa shape index (κ3) is 3.26. The zero-order valence-electron chi connectivity index (χ0n) is 11.6. The molecule has 1 amide bonds. The number of halogens is 4. The molecule has 1 unspecified atom stereocenters. The Kier molecular flexibility index (Phi) is 4.37. The highest BCUT2D eigenvalue weighted by molar-refractivity contribution is 6.32. The van der Waals surface area contributed by atoms with E-state index in [-0.39, 0.29) is 6.54 Å². The molecule has 0 spiro atoms. The number of carbonyl (C=O) groups is 1. The average molecular weight is 322 g/mol. The van der Waals surface area contributed by atoms with Crippen LogP contribution >= 0.6 is 11.6 Å². The van der Waals surface area contributed by atoms with Crippen molar-refractivity contribution < 1.29 is 22.7 Å². The van der Waals surface area contributed by atoms with E-state index in [1.165, 1.54) is 7.11 Å². The fourth-order valence-corrected chi connectivity index (χ4v) is 2.83. The Balaban J connectivity index is 2.30. The molecule has 1 aliphatic heterocycles. The first-order valence-electron chi connectivity index (χ1n) is 6.47. The van der Waals surface area contributed by atoms with Gasteiger partial charge in [0.05, 0.1) is 12.1 Å². The smallest absolute Gasteiger partial charge is 0.471 e. The Hall–Kier alpha value is -1.43. The van der Waals surface area contributed by atoms with Crippen LogP contribution in [-0.4, -0.2) is 36.7 Å². The summed E-state index contributed by atoms with van der Waals surface area (Å²) in [5.74, 6) is -1.31. The molecule has 0 bridgehead atoms. The number of methoxy groups -OCH3 is 1. The second kappa shape index (κ2) is 5.75. The van der Waals surface area contributed by atoms with Gasteiger partial charge in [0.2, 0.25) is 0 Å². The van der Waals surface area contributed by atoms with Crippen LogP contribution in [0.3, 0.4) is 0 Å². The van der Waals surface area contributed by atoms with Crippen molar-refractivity contribution in [1.29, 1.82) is 0 Å². The van der Waals surface area contributed by atoms with Crippen molar-refractivity contribution in [2.75, 3.05) is 13.7 Å². The third-order valence-electron chi connectivity index (χ3n) is 3.65. The minimum Gasteiger partial charge on any atom is -0.495 e. The molecule has 1 aliphatic rings. The molecule has 0 fully saturated rings. The highest BCUT2D eigenvalue weighted by Gasteiger charge is 2.44. The van der Waals surface area contributed by atoms with Crippen LogP contribution in [0.5, 0.6) is 5.75 Å². The van der Waals surface area contributed by atoms with E-state index in [0.29, 0.717) is 23.6 Å². The molecule has 1 aromatic rings. The maximum atomic E-state index is 12.6. The van der Waals surface area contributed by atoms with Crippen molar-refractivity contribution in [2.24, 2.45) is 0 Å². The lowest BCUT2D eigenvalue weighted by molar-refractivity contribution is -0.187. The normalized spacial score (nSPS) is 19.0. The van der Waals surface area contributed by atoms with Gasteiger partial charge in [-0.3, -0.25) is 4.79 Å². The fourth-order valence-electron chi connectivity index (χ4n) is 2.57. The number of ether oxygens (including phenoxy) is 1. The van der Waals surface area contributed by atoms with Crippen LogP contribution in [0.2, 0.25) is 5.02 Å². The molecule has 0 radical (unpaired) electrons. The van der Waals surface area contributed by atoms with Gasteiger partial charge in [-0.2, -0.15) is 13.2 Å². The van der Waals surface area contributed by atoms with Gasteiger partial charge in [0.1, 0.15) is 5.75 Å². The molecule has 21 heavy (non-hydrogen) atoms. The Morgan fingerprint density at radius 2 is 2.05 bits per heavy atom. The van der Waals surface area contributed by atoms with Crippen LogP contribution in [0.1, 0.15) is 18.1 Å². The van der Waals surface area contributed by atoms with Gasteiger partial charge in [-0.05, 0) is 43.0 Å². The van der Waals surface area contributed by atoms with Crippen molar-refractivity contribution >= 4 is 17.5 Å². The number of benzene rings is 1. The number of rotatable bonds is 1. The van der Waals surface area contributed by atoms with E-state index in [4.69, 9.17) is 16.3 Å². The summed E-state index contributed by atoms with van der Waals surface area (Å²) in [6.45, 7) is 1.63. The number of nitrogens with zero attached hydrogens (tertiary/aromatic N) is 1. The van der Waals surface area contributed by atoms with Gasteiger partial charge < -0.3 is 9.64 Å². The van der Waals surface area contributed by atoms with Crippen LogP contribution < -0.4 is 4.74 Å². The number of carbonyl (C=O) groups excluding carboxylic acids is 1. The zero-order valence-corrected chi connectivity index (χ0v) is 12.4. The lowest BCUT2D eigenvalue weighted by Crippen LogP contribution is -2.46. The standard InChI is InChI=1S/C14H15ClF3NO2/c1-8-5-10-6-11(15)12(21-2)7-9(10)3-4-19(8)13(20)14(16,17)18/h6-8H,3-5H2,1-2H3. The molecule has 0 aliphatic carbocycles. The predicted octanol–water partition coefficient (Wildman–Crippen LogP) is 3.23. The van der Waals surface area contributed by atoms with E-state index >= 15 is 0 Å². The number of alkyl halides is 3. The molecule has 3 nitrogen and oxygen atoms in total. The summed E-state index contributed by atoms with van der Waals surface area (Å²) in [6.07, 6.45) is -4.17. The SMILES string of the molecule is COc1cc2c(cc1Cl)CC(C)N(C(=O)C(F)(F)F)CC2. The summed E-state index contributed by atoms with van der Waals surface area (Å²) in [6, 6.07) is 2.89. The second-order valence-electron chi connectivity index (χ2n) is 5.05. The van der Waals surface area contributed by atoms with Gasteiger partial charge >= 0.3 is 12.1 Å². The molecule has 1 atom stereocenters. The summed E-state index contributed by atoms with van der Waals surface area (Å²) < 4.78 is 43.0. The lowest BCUT2D eigenvalue weighted by atomic mass is 10.0. The van der Waals surface area contributed by atoms with Crippen molar-refractivity contribution in [3.8, 4) is 5.75 Å². The minimum atomic E-state index is -4.85. The Morgan fingerprint density at radius 1 is 1.38 bits per heavy atom. The number of hydrogen-bond donors (Lipinski definition) is 0. The fraction of sp³-hybridized carbons (Fsp3) is 0.500. The van der Waals surface area contributed by atoms with E-state index in [0.717, 1.165) is 16.0 Å². The van der Waals surface area contributed by atoms with E-state index < -0.39 is 18.1 Å². The Bertz CT molecular complexity index is 560. The summed E-state index contributed by atoms with van der Waals surface area (Å²) >= 11 is 6.05. The van der Waals surface area contributed by atoms with Crippen molar-refractivity contribution in [1.82, 2.24) is 4.90 Å². The maximum absolute atomic E-state index is 12.6. The van der Waals surface area contributed by atoms with Gasteiger partial charge in [-0.25, -0.2) is 0 Å². The first-order valence-corrected chi connectivity index (χ1v) is 6.85. The largest absolute Gasteiger partial charge is 0.495 e. The van der Waals surface area contributed by atoms with Crippen molar-refractivity contribution in [2.45, 2.75) is 32.0 Å². The first kappa shape index (κ1) is 15.9. The van der Waals surface area contributed by atoms with E-state index in [1.807, 2.05) is 0 Å². The van der Waals surface area contributed by atoms with Gasteiger partial charge in [0.25, 0.3) is 0 Å². The zero-order chi connectivity index (χ0) is 15.8. The van der Waals surface area contributed by atoms with E-state index in [9.17, 15) is 18.0 Å². The van der Waals surface area contributed by atoms with Gasteiger partial charge in [0, 0.05) is 12.6 Å². The van der Waals surface area contributed by atoms with E-state index in [2.05, 4.69) is 0 Å². The molecule has 0 aromatic heterocycles. The Labute approximate surface area is 125 Å². The third-order valence-corrected chi connectivity index (χ3v) is 3.94. The van der Waals surface area contributed by atoms with Crippen LogP contribution in [0.15, 0.2) is 12.1 Å². The molecular weight excluding hydrogens is 307 g/mol. The molecule has 0 saturated heterocycles. The Morgan fingerprint density at radius 3 is 2.62 bits per heavy atom. The number of hydrogen-bond acceptors (Lipinski definition) is 2. The average Bonchev–Trinajstić information content (AvgIpc) is 2.54. The molecule has 7 heteroatoms. The highest BCUT2D eigenvalue weighted by atomic mass is 35.5. The topological polar surface area (TPSA) is 29.5 Å². The molecule has 1 heterocycles. The first-order chi connectivity index (χ1) is 9.74. The number of amides is 1. The van der Waals surface area contributed by atoms with E-state index in [1.54, 1.807) is 19.1 Å². The van der Waals surface area contributed by atoms with Gasteiger partial charge in [0.15, 0.2) is 0 Å². The highest BCUT2D eigenvalue weighted by Crippen LogP contribution is 2.32. The molecule has 1 aromatic carbocycles. The maximum Gasteiger partial charge on any atom is 0.471 e. The van der Waals surface area contributed by atoms with Crippen LogP contribution in [-0.2, 0) is 17.6 Å². The second-order valence-corrected chi connectivity index (χ2v) is 5.46. The lowest BCUT2D eigenvalue weighted by Gasteiger charge is -2.27. The quantitative estimate of drug-likeness (QED) is 0.795. The molecular formula is C14H15ClF3NO2. The predicted molar refractivity (Wildman–Crippen MR) is 72.6 cm³/mol. The monoisotopic (exact) mass is 321 g/mol. The van der Waals surface area contributed by atoms with Crippen LogP contribution in [0.25, 0.3) is 0 Å². The molecule has 0 saturated carbocycles. The molecule has 116 valence electrons. The summed E-state index contributed by atoms with van der Waals surface area (Å²) in [5, 5.41) is 0.416. The van der Waals surface area contributed by atoms with Gasteiger partial charge in [-0.15, -0.1) is 0 Å². The summed E-state index contributed by atoms with van der Waals surface area (Å²) in [7, 11) is 1.48. The summed E-state index contributed by atoms with van der Waals surface area (Å²) in [4.78, 5) is 12.3. The molecule has 2 rings (SSSR count). The minimum absolute atomic E-state index is 0.0251. The van der Waals surface area contributed by atoms with Crippen molar-refractivity contribution in [3.05, 3.63) is 28.3 Å². The number of fused-ring (bicyclic) bond motifs is 1. The van der Waals surface area contributed by atoms with Crippen molar-refractivity contribution in [3.63, 3.8) is 0 Å². The summed E-state index contributed by atoms with van der Waals surface area (Å²) in [5.41, 5.74) is 1.71. The van der Waals surface area contributed by atoms with Crippen LogP contribution in [0.4, 0.5) is 13.2 Å². The van der Waals surface area contributed by atoms with Crippen LogP contribution in [0, 0.1) is 0 Å².